The van der Waals surface area contributed by atoms with E-state index >= 15 is 0 Å². The molecule has 6 nitrogen and oxygen atoms in total. The van der Waals surface area contributed by atoms with E-state index in [1.54, 1.807) is 6.92 Å². The minimum atomic E-state index is -2.95. The van der Waals surface area contributed by atoms with E-state index in [-0.39, 0.29) is 46.9 Å². The number of rotatable bonds is 9. The molecule has 1 atom stereocenters. The number of amides is 1. The Bertz CT molecular complexity index is 1080. The summed E-state index contributed by atoms with van der Waals surface area (Å²) < 4.78 is 45.3. The molecule has 1 aromatic heterocycles. The van der Waals surface area contributed by atoms with Crippen LogP contribution in [0, 0.1) is 11.7 Å². The van der Waals surface area contributed by atoms with Crippen molar-refractivity contribution in [1.82, 2.24) is 15.1 Å². The third-order valence-electron chi connectivity index (χ3n) is 6.36. The summed E-state index contributed by atoms with van der Waals surface area (Å²) in [6, 6.07) is 2.57. The average Bonchev–Trinajstić information content (AvgIpc) is 3.33. The minimum Gasteiger partial charge on any atom is -0.415 e. The molecule has 176 valence electrons. The van der Waals surface area contributed by atoms with Crippen LogP contribution in [0.4, 0.5) is 13.2 Å². The number of carbonyl (C=O) groups excluding carboxylic acids is 2. The second-order valence-corrected chi connectivity index (χ2v) is 8.66. The zero-order valence-corrected chi connectivity index (χ0v) is 18.5. The maximum atomic E-state index is 14.8. The van der Waals surface area contributed by atoms with Crippen LogP contribution in [0.3, 0.4) is 0 Å². The number of halogens is 3. The summed E-state index contributed by atoms with van der Waals surface area (Å²) in [6.45, 7) is 6.39. The molecule has 0 bridgehead atoms. The quantitative estimate of drug-likeness (QED) is 0.374. The highest BCUT2D eigenvalue weighted by Gasteiger charge is 2.38. The monoisotopic (exact) mass is 461 g/mol. The molecule has 1 aliphatic carbocycles. The lowest BCUT2D eigenvalue weighted by Gasteiger charge is -2.25. The van der Waals surface area contributed by atoms with Gasteiger partial charge in [0.1, 0.15) is 5.82 Å². The van der Waals surface area contributed by atoms with E-state index in [9.17, 15) is 22.8 Å². The van der Waals surface area contributed by atoms with Crippen molar-refractivity contribution in [3.8, 4) is 11.5 Å². The van der Waals surface area contributed by atoms with Gasteiger partial charge in [-0.15, -0.1) is 10.2 Å². The maximum Gasteiger partial charge on any atom is 0.314 e. The highest BCUT2D eigenvalue weighted by Crippen LogP contribution is 2.35. The third kappa shape index (κ3) is 4.86. The van der Waals surface area contributed by atoms with Gasteiger partial charge in [0.25, 0.3) is 5.89 Å². The van der Waals surface area contributed by atoms with Gasteiger partial charge < -0.3 is 9.32 Å². The normalized spacial score (nSPS) is 18.2. The van der Waals surface area contributed by atoms with Crippen molar-refractivity contribution < 1.29 is 27.2 Å². The van der Waals surface area contributed by atoms with Crippen LogP contribution in [-0.2, 0) is 11.2 Å². The van der Waals surface area contributed by atoms with Crippen molar-refractivity contribution in [2.24, 2.45) is 5.92 Å². The Morgan fingerprint density at radius 2 is 2.00 bits per heavy atom. The van der Waals surface area contributed by atoms with Gasteiger partial charge in [-0.05, 0) is 68.2 Å². The maximum absolute atomic E-state index is 14.8. The fraction of sp³-hybridized carbons (Fsp3) is 0.500. The highest BCUT2D eigenvalue weighted by molar-refractivity contribution is 6.09. The number of aromatic nitrogens is 2. The lowest BCUT2D eigenvalue weighted by Crippen LogP contribution is -2.36. The van der Waals surface area contributed by atoms with Crippen LogP contribution >= 0.6 is 0 Å². The van der Waals surface area contributed by atoms with E-state index in [2.05, 4.69) is 16.8 Å². The molecule has 0 spiro atoms. The Kier molecular flexibility index (Phi) is 6.67. The highest BCUT2D eigenvalue weighted by atomic mass is 19.3. The van der Waals surface area contributed by atoms with Crippen LogP contribution in [0.2, 0.25) is 0 Å². The summed E-state index contributed by atoms with van der Waals surface area (Å²) in [6.07, 6.45) is 2.06. The van der Waals surface area contributed by atoms with Crippen LogP contribution < -0.4 is 0 Å². The lowest BCUT2D eigenvalue weighted by atomic mass is 9.92. The molecule has 2 aromatic rings. The molecule has 1 saturated heterocycles. The van der Waals surface area contributed by atoms with Gasteiger partial charge in [0, 0.05) is 29.6 Å². The number of nitrogens with zero attached hydrogens (tertiary/aromatic N) is 3. The van der Waals surface area contributed by atoms with E-state index in [0.717, 1.165) is 38.3 Å². The molecule has 9 heteroatoms. The van der Waals surface area contributed by atoms with Crippen LogP contribution in [0.25, 0.3) is 11.5 Å². The van der Waals surface area contributed by atoms with E-state index in [0.29, 0.717) is 18.4 Å². The molecule has 33 heavy (non-hydrogen) atoms. The molecule has 4 rings (SSSR count). The van der Waals surface area contributed by atoms with Crippen molar-refractivity contribution in [3.63, 3.8) is 0 Å². The van der Waals surface area contributed by atoms with Gasteiger partial charge in [0.05, 0.1) is 0 Å². The summed E-state index contributed by atoms with van der Waals surface area (Å²) in [7, 11) is 0. The number of benzene rings is 1. The molecule has 1 aromatic carbocycles. The van der Waals surface area contributed by atoms with E-state index in [1.807, 2.05) is 4.90 Å². The van der Waals surface area contributed by atoms with Gasteiger partial charge in [0.2, 0.25) is 11.8 Å². The molecular weight excluding hydrogens is 435 g/mol. The van der Waals surface area contributed by atoms with E-state index in [4.69, 9.17) is 4.42 Å². The summed E-state index contributed by atoms with van der Waals surface area (Å²) in [5.41, 5.74) is 0.680. The predicted octanol–water partition coefficient (Wildman–Crippen LogP) is 5.30. The van der Waals surface area contributed by atoms with Crippen molar-refractivity contribution in [1.29, 1.82) is 0 Å². The number of ketones is 1. The fourth-order valence-electron chi connectivity index (χ4n) is 4.40. The van der Waals surface area contributed by atoms with Crippen molar-refractivity contribution in [3.05, 3.63) is 47.1 Å². The summed E-state index contributed by atoms with van der Waals surface area (Å²) in [5.74, 6) is -1.86. The Balaban J connectivity index is 1.50. The van der Waals surface area contributed by atoms with Gasteiger partial charge in [-0.3, -0.25) is 9.59 Å². The van der Waals surface area contributed by atoms with E-state index in [1.165, 1.54) is 6.07 Å². The zero-order chi connectivity index (χ0) is 23.7. The first-order chi connectivity index (χ1) is 15.8. The van der Waals surface area contributed by atoms with Crippen molar-refractivity contribution >= 4 is 11.7 Å². The third-order valence-corrected chi connectivity index (χ3v) is 6.36. The Labute approximate surface area is 189 Å². The number of carbonyl (C=O) groups is 2. The summed E-state index contributed by atoms with van der Waals surface area (Å²) >= 11 is 0. The lowest BCUT2D eigenvalue weighted by molar-refractivity contribution is -0.133. The molecule has 1 aliphatic heterocycles. The van der Waals surface area contributed by atoms with Crippen molar-refractivity contribution in [2.75, 3.05) is 6.54 Å². The minimum absolute atomic E-state index is 0.0530. The Morgan fingerprint density at radius 1 is 1.24 bits per heavy atom. The molecular formula is C24H26F3N3O3. The summed E-state index contributed by atoms with van der Waals surface area (Å²) in [5, 5.41) is 6.81. The second-order valence-electron chi connectivity index (χ2n) is 8.66. The van der Waals surface area contributed by atoms with Gasteiger partial charge in [-0.1, -0.05) is 13.5 Å². The molecule has 2 fully saturated rings. The number of likely N-dealkylation sites (tertiary alicyclic amines) is 1. The largest absolute Gasteiger partial charge is 0.415 e. The number of hydrogen-bond donors (Lipinski definition) is 0. The number of allylic oxidation sites excluding steroid dienone is 1. The first kappa shape index (κ1) is 23.2. The molecule has 2 aliphatic rings. The molecule has 0 unspecified atom stereocenters. The van der Waals surface area contributed by atoms with Crippen LogP contribution in [0.1, 0.15) is 73.7 Å². The van der Waals surface area contributed by atoms with Gasteiger partial charge >= 0.3 is 6.43 Å². The molecule has 1 amide bonds. The number of Topliss-reactive ketones (excluding diaryl/α,β-unsaturated/α-hetero) is 1. The number of alkyl halides is 2. The van der Waals surface area contributed by atoms with Crippen molar-refractivity contribution in [2.45, 2.75) is 64.3 Å². The average molecular weight is 461 g/mol. The van der Waals surface area contributed by atoms with Crippen LogP contribution in [0.5, 0.6) is 0 Å². The topological polar surface area (TPSA) is 76.3 Å². The standard InChI is InChI=1S/C24H26F3N3O3/c1-3-17-18(11-15(12-19(17)25)22-28-29-23(33-22)21(26)27)20(31)13(2)6-9-16-5-4-10-30(16)24(32)14-7-8-14/h11-12,14,16,21H,2-10H2,1H3/t16-/m0/s1. The fourth-order valence-corrected chi connectivity index (χ4v) is 4.40. The first-order valence-corrected chi connectivity index (χ1v) is 11.3. The predicted molar refractivity (Wildman–Crippen MR) is 114 cm³/mol. The van der Waals surface area contributed by atoms with Gasteiger partial charge in [0.15, 0.2) is 5.78 Å². The SMILES string of the molecule is C=C(CC[C@@H]1CCCN1C(=O)C1CC1)C(=O)c1cc(-c2nnc(C(F)F)o2)cc(F)c1CC. The molecule has 0 N–H and O–H groups in total. The van der Waals surface area contributed by atoms with E-state index < -0.39 is 23.9 Å². The number of hydrogen-bond acceptors (Lipinski definition) is 5. The Morgan fingerprint density at radius 3 is 2.64 bits per heavy atom. The second kappa shape index (κ2) is 9.49. The van der Waals surface area contributed by atoms with Gasteiger partial charge in [-0.25, -0.2) is 4.39 Å². The van der Waals surface area contributed by atoms with Crippen LogP contribution in [-0.4, -0.2) is 39.4 Å². The smallest absolute Gasteiger partial charge is 0.314 e. The van der Waals surface area contributed by atoms with Crippen LogP contribution in [0.15, 0.2) is 28.7 Å². The van der Waals surface area contributed by atoms with Gasteiger partial charge in [-0.2, -0.15) is 8.78 Å². The molecule has 1 saturated carbocycles. The molecule has 0 radical (unpaired) electrons. The Hall–Kier alpha value is -2.97. The summed E-state index contributed by atoms with van der Waals surface area (Å²) in [4.78, 5) is 27.6. The zero-order valence-electron chi connectivity index (χ0n) is 18.5. The first-order valence-electron chi connectivity index (χ1n) is 11.3. The molecule has 2 heterocycles.